The van der Waals surface area contributed by atoms with E-state index >= 15 is 0 Å². The maximum atomic E-state index is 10.7. The minimum Gasteiger partial charge on any atom is -0.387 e. The zero-order chi connectivity index (χ0) is 15.5. The summed E-state index contributed by atoms with van der Waals surface area (Å²) in [5.41, 5.74) is 0.832. The molecule has 22 heavy (non-hydrogen) atoms. The summed E-state index contributed by atoms with van der Waals surface area (Å²) in [6, 6.07) is 12.9. The normalized spacial score (nSPS) is 15.3. The summed E-state index contributed by atoms with van der Waals surface area (Å²) in [6.45, 7) is 0.430. The molecule has 1 aliphatic carbocycles. The number of anilines is 1. The molecule has 1 fully saturated rings. The number of rotatable bonds is 6. The molecule has 6 heteroatoms. The lowest BCUT2D eigenvalue weighted by molar-refractivity contribution is -0.385. The van der Waals surface area contributed by atoms with Crippen LogP contribution in [0.5, 0.6) is 0 Å². The van der Waals surface area contributed by atoms with Gasteiger partial charge in [-0.15, -0.1) is 0 Å². The van der Waals surface area contributed by atoms with Crippen molar-refractivity contribution < 1.29 is 10.0 Å². The molecule has 0 bridgehead atoms. The molecule has 0 radical (unpaired) electrons. The fourth-order valence-corrected chi connectivity index (χ4v) is 2.44. The Balaban J connectivity index is 1.77. The average Bonchev–Trinajstić information content (AvgIpc) is 3.38. The van der Waals surface area contributed by atoms with Gasteiger partial charge in [0.25, 0.3) is 5.69 Å². The quantitative estimate of drug-likeness (QED) is 0.655. The van der Waals surface area contributed by atoms with Gasteiger partial charge in [0.1, 0.15) is 12.0 Å². The number of hydrogen-bond donors (Lipinski definition) is 1. The van der Waals surface area contributed by atoms with Crippen molar-refractivity contribution in [3.8, 4) is 0 Å². The highest BCUT2D eigenvalue weighted by molar-refractivity contribution is 5.45. The van der Waals surface area contributed by atoms with Crippen molar-refractivity contribution in [1.82, 2.24) is 4.98 Å². The van der Waals surface area contributed by atoms with Gasteiger partial charge in [0, 0.05) is 18.7 Å². The van der Waals surface area contributed by atoms with Gasteiger partial charge in [0.05, 0.1) is 11.0 Å². The molecule has 2 aromatic rings. The van der Waals surface area contributed by atoms with E-state index in [9.17, 15) is 15.2 Å². The van der Waals surface area contributed by atoms with Gasteiger partial charge in [0.15, 0.2) is 0 Å². The molecular weight excluding hydrogens is 282 g/mol. The van der Waals surface area contributed by atoms with Crippen LogP contribution in [-0.2, 0) is 0 Å². The van der Waals surface area contributed by atoms with Crippen LogP contribution in [0.2, 0.25) is 0 Å². The summed E-state index contributed by atoms with van der Waals surface area (Å²) < 4.78 is 0. The minimum atomic E-state index is -0.612. The molecule has 0 amide bonds. The number of nitro groups is 1. The monoisotopic (exact) mass is 299 g/mol. The highest BCUT2D eigenvalue weighted by atomic mass is 16.6. The largest absolute Gasteiger partial charge is 0.387 e. The Kier molecular flexibility index (Phi) is 4.02. The van der Waals surface area contributed by atoms with Gasteiger partial charge >= 0.3 is 0 Å². The fraction of sp³-hybridized carbons (Fsp3) is 0.312. The molecule has 1 heterocycles. The molecule has 1 atom stereocenters. The van der Waals surface area contributed by atoms with Crippen LogP contribution < -0.4 is 4.90 Å². The van der Waals surface area contributed by atoms with Crippen LogP contribution in [0.25, 0.3) is 0 Å². The second kappa shape index (κ2) is 6.11. The molecule has 1 saturated carbocycles. The van der Waals surface area contributed by atoms with Crippen molar-refractivity contribution in [2.45, 2.75) is 25.0 Å². The number of aliphatic hydroxyl groups excluding tert-OH is 1. The molecule has 0 unspecified atom stereocenters. The van der Waals surface area contributed by atoms with Crippen molar-refractivity contribution in [3.05, 3.63) is 64.3 Å². The van der Waals surface area contributed by atoms with Gasteiger partial charge in [-0.1, -0.05) is 30.3 Å². The zero-order valence-corrected chi connectivity index (χ0v) is 12.0. The summed E-state index contributed by atoms with van der Waals surface area (Å²) in [5, 5.41) is 21.1. The number of benzene rings is 1. The molecule has 1 aromatic carbocycles. The second-order valence-electron chi connectivity index (χ2n) is 5.44. The summed E-state index contributed by atoms with van der Waals surface area (Å²) in [7, 11) is 0. The standard InChI is InChI=1S/C16H17N3O3/c20-15(12-4-2-1-3-5-12)11-18(13-6-7-13)16-9-8-14(10-17-16)19(21)22/h1-5,8-10,13,15,20H,6-7,11H2/t15-/m0/s1. The Bertz CT molecular complexity index is 641. The minimum absolute atomic E-state index is 0.0249. The van der Waals surface area contributed by atoms with E-state index in [4.69, 9.17) is 0 Å². The molecular formula is C16H17N3O3. The Morgan fingerprint density at radius 3 is 2.55 bits per heavy atom. The van der Waals surface area contributed by atoms with Crippen LogP contribution in [0.3, 0.4) is 0 Å². The van der Waals surface area contributed by atoms with Crippen molar-refractivity contribution in [3.63, 3.8) is 0 Å². The predicted molar refractivity (Wildman–Crippen MR) is 82.7 cm³/mol. The van der Waals surface area contributed by atoms with Gasteiger partial charge in [-0.25, -0.2) is 4.98 Å². The summed E-state index contributed by atoms with van der Waals surface area (Å²) >= 11 is 0. The summed E-state index contributed by atoms with van der Waals surface area (Å²) in [5.74, 6) is 0.670. The lowest BCUT2D eigenvalue weighted by Gasteiger charge is -2.26. The Labute approximate surface area is 128 Å². The van der Waals surface area contributed by atoms with E-state index in [2.05, 4.69) is 4.98 Å². The number of nitrogens with zero attached hydrogens (tertiary/aromatic N) is 3. The second-order valence-corrected chi connectivity index (χ2v) is 5.44. The number of aliphatic hydroxyl groups is 1. The predicted octanol–water partition coefficient (Wildman–Crippen LogP) is 2.69. The van der Waals surface area contributed by atoms with Crippen molar-refractivity contribution in [1.29, 1.82) is 0 Å². The lowest BCUT2D eigenvalue weighted by Crippen LogP contribution is -2.31. The first kappa shape index (κ1) is 14.5. The molecule has 1 aliphatic rings. The maximum absolute atomic E-state index is 10.7. The highest BCUT2D eigenvalue weighted by Gasteiger charge is 2.31. The van der Waals surface area contributed by atoms with E-state index in [1.807, 2.05) is 35.2 Å². The number of aromatic nitrogens is 1. The van der Waals surface area contributed by atoms with E-state index in [0.29, 0.717) is 18.4 Å². The summed E-state index contributed by atoms with van der Waals surface area (Å²) in [6.07, 6.45) is 2.76. The Morgan fingerprint density at radius 2 is 2.00 bits per heavy atom. The molecule has 6 nitrogen and oxygen atoms in total. The SMILES string of the molecule is O=[N+]([O-])c1ccc(N(C[C@H](O)c2ccccc2)C2CC2)nc1. The van der Waals surface area contributed by atoms with E-state index in [-0.39, 0.29) is 5.69 Å². The number of hydrogen-bond acceptors (Lipinski definition) is 5. The van der Waals surface area contributed by atoms with Crippen molar-refractivity contribution in [2.75, 3.05) is 11.4 Å². The maximum Gasteiger partial charge on any atom is 0.287 e. The van der Waals surface area contributed by atoms with Crippen LogP contribution in [-0.4, -0.2) is 27.6 Å². The molecule has 0 saturated heterocycles. The smallest absolute Gasteiger partial charge is 0.287 e. The topological polar surface area (TPSA) is 79.5 Å². The Hall–Kier alpha value is -2.47. The van der Waals surface area contributed by atoms with Gasteiger partial charge in [-0.3, -0.25) is 10.1 Å². The first-order valence-electron chi connectivity index (χ1n) is 7.25. The van der Waals surface area contributed by atoms with Crippen LogP contribution in [0, 0.1) is 10.1 Å². The Morgan fingerprint density at radius 1 is 1.27 bits per heavy atom. The average molecular weight is 299 g/mol. The van der Waals surface area contributed by atoms with E-state index in [0.717, 1.165) is 18.4 Å². The van der Waals surface area contributed by atoms with E-state index in [1.54, 1.807) is 6.07 Å². The van der Waals surface area contributed by atoms with Crippen molar-refractivity contribution >= 4 is 11.5 Å². The third-order valence-corrected chi connectivity index (χ3v) is 3.78. The van der Waals surface area contributed by atoms with Gasteiger partial charge in [-0.2, -0.15) is 0 Å². The first-order valence-corrected chi connectivity index (χ1v) is 7.25. The first-order chi connectivity index (χ1) is 10.6. The van der Waals surface area contributed by atoms with Gasteiger partial charge in [0.2, 0.25) is 0 Å². The molecule has 0 aliphatic heterocycles. The van der Waals surface area contributed by atoms with Crippen LogP contribution in [0.4, 0.5) is 11.5 Å². The lowest BCUT2D eigenvalue weighted by atomic mass is 10.1. The third-order valence-electron chi connectivity index (χ3n) is 3.78. The molecule has 0 spiro atoms. The highest BCUT2D eigenvalue weighted by Crippen LogP contribution is 2.32. The van der Waals surface area contributed by atoms with Crippen molar-refractivity contribution in [2.24, 2.45) is 0 Å². The zero-order valence-electron chi connectivity index (χ0n) is 12.0. The van der Waals surface area contributed by atoms with Gasteiger partial charge in [-0.05, 0) is 24.5 Å². The fourth-order valence-electron chi connectivity index (χ4n) is 2.44. The number of pyridine rings is 1. The van der Waals surface area contributed by atoms with Crippen LogP contribution in [0.1, 0.15) is 24.5 Å². The molecule has 3 rings (SSSR count). The van der Waals surface area contributed by atoms with Crippen LogP contribution in [0.15, 0.2) is 48.7 Å². The molecule has 114 valence electrons. The van der Waals surface area contributed by atoms with Crippen LogP contribution >= 0.6 is 0 Å². The summed E-state index contributed by atoms with van der Waals surface area (Å²) in [4.78, 5) is 16.5. The molecule has 1 aromatic heterocycles. The molecule has 1 N–H and O–H groups in total. The third kappa shape index (κ3) is 3.23. The van der Waals surface area contributed by atoms with Gasteiger partial charge < -0.3 is 10.0 Å². The van der Waals surface area contributed by atoms with E-state index < -0.39 is 11.0 Å². The van der Waals surface area contributed by atoms with E-state index in [1.165, 1.54) is 12.3 Å².